The number of hydrogen-bond donors (Lipinski definition) is 3. The first-order valence-corrected chi connectivity index (χ1v) is 8.33. The maximum absolute atomic E-state index is 12.0. The van der Waals surface area contributed by atoms with E-state index in [9.17, 15) is 9.59 Å². The third-order valence-corrected chi connectivity index (χ3v) is 4.16. The molecule has 0 aliphatic heterocycles. The van der Waals surface area contributed by atoms with Crippen molar-refractivity contribution < 1.29 is 9.59 Å². The molecule has 0 aliphatic carbocycles. The van der Waals surface area contributed by atoms with Crippen LogP contribution in [-0.4, -0.2) is 23.0 Å². The van der Waals surface area contributed by atoms with Crippen molar-refractivity contribution in [3.63, 3.8) is 0 Å². The highest BCUT2D eigenvalue weighted by molar-refractivity contribution is 6.30. The minimum Gasteiger partial charge on any atom is -0.361 e. The zero-order chi connectivity index (χ0) is 17.8. The molecule has 1 heterocycles. The number of halogens is 1. The Hall–Kier alpha value is -2.79. The van der Waals surface area contributed by atoms with Gasteiger partial charge in [0.2, 0.25) is 0 Å². The van der Waals surface area contributed by atoms with Crippen molar-refractivity contribution >= 4 is 34.4 Å². The lowest BCUT2D eigenvalue weighted by Gasteiger charge is -2.14. The minimum absolute atomic E-state index is 0.128. The maximum atomic E-state index is 12.0. The predicted molar refractivity (Wildman–Crippen MR) is 98.9 cm³/mol. The number of aromatic nitrogens is 1. The quantitative estimate of drug-likeness (QED) is 0.664. The largest absolute Gasteiger partial charge is 0.361 e. The van der Waals surface area contributed by atoms with Gasteiger partial charge in [0.1, 0.15) is 0 Å². The van der Waals surface area contributed by atoms with Crippen molar-refractivity contribution in [1.29, 1.82) is 0 Å². The Balaban J connectivity index is 1.57. The highest BCUT2D eigenvalue weighted by Gasteiger charge is 2.14. The van der Waals surface area contributed by atoms with Crippen LogP contribution in [0.1, 0.15) is 22.8 Å². The number of aromatic amines is 1. The zero-order valence-electron chi connectivity index (χ0n) is 13.7. The lowest BCUT2D eigenvalue weighted by atomic mass is 10.1. The molecule has 128 valence electrons. The molecule has 3 N–H and O–H groups in total. The summed E-state index contributed by atoms with van der Waals surface area (Å²) in [6, 6.07) is 13.7. The predicted octanol–water partition coefficient (Wildman–Crippen LogP) is 3.89. The van der Waals surface area contributed by atoms with Crippen molar-refractivity contribution in [2.45, 2.75) is 19.4 Å². The number of amides is 3. The van der Waals surface area contributed by atoms with Gasteiger partial charge in [0.15, 0.2) is 0 Å². The molecule has 0 unspecified atom stereocenters. The molecule has 1 aromatic heterocycles. The number of H-pyrrole nitrogens is 1. The second-order valence-electron chi connectivity index (χ2n) is 5.90. The maximum Gasteiger partial charge on any atom is 0.321 e. The molecule has 3 aromatic rings. The van der Waals surface area contributed by atoms with Crippen molar-refractivity contribution in [1.82, 2.24) is 15.6 Å². The summed E-state index contributed by atoms with van der Waals surface area (Å²) in [4.78, 5) is 27.3. The molecular weight excluding hydrogens is 338 g/mol. The van der Waals surface area contributed by atoms with Gasteiger partial charge in [-0.2, -0.15) is 0 Å². The molecule has 0 saturated heterocycles. The molecule has 3 rings (SSSR count). The van der Waals surface area contributed by atoms with E-state index in [0.29, 0.717) is 17.0 Å². The van der Waals surface area contributed by atoms with Crippen LogP contribution in [0.4, 0.5) is 4.79 Å². The Kier molecular flexibility index (Phi) is 5.05. The van der Waals surface area contributed by atoms with Crippen LogP contribution in [0.25, 0.3) is 10.9 Å². The van der Waals surface area contributed by atoms with E-state index in [-0.39, 0.29) is 6.04 Å². The minimum atomic E-state index is -0.521. The fourth-order valence-corrected chi connectivity index (χ4v) is 2.84. The van der Waals surface area contributed by atoms with Gasteiger partial charge < -0.3 is 10.3 Å². The number of urea groups is 1. The van der Waals surface area contributed by atoms with Gasteiger partial charge in [-0.05, 0) is 49.2 Å². The molecule has 5 nitrogen and oxygen atoms in total. The second-order valence-corrected chi connectivity index (χ2v) is 6.34. The van der Waals surface area contributed by atoms with Crippen molar-refractivity contribution in [2.75, 3.05) is 0 Å². The summed E-state index contributed by atoms with van der Waals surface area (Å²) in [6.07, 6.45) is 2.60. The van der Waals surface area contributed by atoms with E-state index in [2.05, 4.69) is 15.6 Å². The molecule has 3 amide bonds. The van der Waals surface area contributed by atoms with Crippen LogP contribution in [0.5, 0.6) is 0 Å². The summed E-state index contributed by atoms with van der Waals surface area (Å²) in [5.74, 6) is -0.464. The number of hydrogen-bond acceptors (Lipinski definition) is 2. The third kappa shape index (κ3) is 4.19. The zero-order valence-corrected chi connectivity index (χ0v) is 14.4. The van der Waals surface area contributed by atoms with Gasteiger partial charge >= 0.3 is 6.03 Å². The number of nitrogens with one attached hydrogen (secondary N) is 3. The molecule has 0 spiro atoms. The van der Waals surface area contributed by atoms with Crippen LogP contribution >= 0.6 is 11.6 Å². The van der Waals surface area contributed by atoms with E-state index in [4.69, 9.17) is 11.6 Å². The van der Waals surface area contributed by atoms with E-state index in [1.54, 1.807) is 24.3 Å². The van der Waals surface area contributed by atoms with E-state index in [1.165, 1.54) is 0 Å². The summed E-state index contributed by atoms with van der Waals surface area (Å²) in [5, 5.41) is 6.78. The molecule has 0 aliphatic rings. The summed E-state index contributed by atoms with van der Waals surface area (Å²) in [7, 11) is 0. The third-order valence-electron chi connectivity index (χ3n) is 3.91. The highest BCUT2D eigenvalue weighted by atomic mass is 35.5. The number of rotatable bonds is 4. The fraction of sp³-hybridized carbons (Fsp3) is 0.158. The van der Waals surface area contributed by atoms with E-state index in [1.807, 2.05) is 37.4 Å². The number of imide groups is 1. The SMILES string of the molecule is C[C@H](Cc1c[nH]c2ccccc12)NC(=O)NC(=O)c1ccc(Cl)cc1. The van der Waals surface area contributed by atoms with E-state index < -0.39 is 11.9 Å². The summed E-state index contributed by atoms with van der Waals surface area (Å²) in [6.45, 7) is 1.90. The Bertz CT molecular complexity index is 902. The van der Waals surface area contributed by atoms with Crippen molar-refractivity contribution in [3.05, 3.63) is 70.9 Å². The molecule has 6 heteroatoms. The molecular formula is C19H18ClN3O2. The van der Waals surface area contributed by atoms with Gasteiger partial charge in [-0.1, -0.05) is 29.8 Å². The van der Waals surface area contributed by atoms with Crippen LogP contribution in [0, 0.1) is 0 Å². The van der Waals surface area contributed by atoms with E-state index in [0.717, 1.165) is 16.5 Å². The van der Waals surface area contributed by atoms with Gasteiger partial charge in [-0.15, -0.1) is 0 Å². The topological polar surface area (TPSA) is 74.0 Å². The number of benzene rings is 2. The molecule has 0 bridgehead atoms. The molecule has 1 atom stereocenters. The normalized spacial score (nSPS) is 11.9. The first kappa shape index (κ1) is 17.0. The lowest BCUT2D eigenvalue weighted by Crippen LogP contribution is -2.44. The van der Waals surface area contributed by atoms with Gasteiger partial charge in [0.05, 0.1) is 0 Å². The number of para-hydroxylation sites is 1. The molecule has 0 saturated carbocycles. The Morgan fingerprint density at radius 1 is 1.12 bits per heavy atom. The first-order chi connectivity index (χ1) is 12.0. The number of carbonyl (C=O) groups excluding carboxylic acids is 2. The molecule has 0 fully saturated rings. The van der Waals surface area contributed by atoms with Crippen LogP contribution < -0.4 is 10.6 Å². The van der Waals surface area contributed by atoms with Crippen LogP contribution in [-0.2, 0) is 6.42 Å². The average molecular weight is 356 g/mol. The molecule has 2 aromatic carbocycles. The summed E-state index contributed by atoms with van der Waals surface area (Å²) >= 11 is 5.79. The van der Waals surface area contributed by atoms with Crippen LogP contribution in [0.2, 0.25) is 5.02 Å². The highest BCUT2D eigenvalue weighted by Crippen LogP contribution is 2.19. The van der Waals surface area contributed by atoms with Gasteiger partial charge in [-0.25, -0.2) is 4.79 Å². The van der Waals surface area contributed by atoms with Crippen molar-refractivity contribution in [3.8, 4) is 0 Å². The van der Waals surface area contributed by atoms with Gasteiger partial charge in [0.25, 0.3) is 5.91 Å². The standard InChI is InChI=1S/C19H18ClN3O2/c1-12(10-14-11-21-17-5-3-2-4-16(14)17)22-19(25)23-18(24)13-6-8-15(20)9-7-13/h2-9,11-12,21H,10H2,1H3,(H2,22,23,24,25)/t12-/m1/s1. The molecule has 0 radical (unpaired) electrons. The summed E-state index contributed by atoms with van der Waals surface area (Å²) in [5.41, 5.74) is 2.56. The Morgan fingerprint density at radius 2 is 1.84 bits per heavy atom. The second kappa shape index (κ2) is 7.40. The van der Waals surface area contributed by atoms with Gasteiger partial charge in [0, 0.05) is 33.7 Å². The van der Waals surface area contributed by atoms with Crippen LogP contribution in [0.3, 0.4) is 0 Å². The number of fused-ring (bicyclic) bond motifs is 1. The smallest absolute Gasteiger partial charge is 0.321 e. The lowest BCUT2D eigenvalue weighted by molar-refractivity contribution is 0.0963. The molecule has 25 heavy (non-hydrogen) atoms. The van der Waals surface area contributed by atoms with E-state index >= 15 is 0 Å². The average Bonchev–Trinajstić information content (AvgIpc) is 2.98. The Morgan fingerprint density at radius 3 is 2.60 bits per heavy atom. The monoisotopic (exact) mass is 355 g/mol. The fourth-order valence-electron chi connectivity index (χ4n) is 2.72. The van der Waals surface area contributed by atoms with Gasteiger partial charge in [-0.3, -0.25) is 10.1 Å². The van der Waals surface area contributed by atoms with Crippen LogP contribution in [0.15, 0.2) is 54.7 Å². The first-order valence-electron chi connectivity index (χ1n) is 7.95. The summed E-state index contributed by atoms with van der Waals surface area (Å²) < 4.78 is 0. The Labute approximate surface area is 150 Å². The number of carbonyl (C=O) groups is 2. The van der Waals surface area contributed by atoms with Crippen molar-refractivity contribution in [2.24, 2.45) is 0 Å².